The zero-order valence-corrected chi connectivity index (χ0v) is 16.6. The molecule has 2 aromatic rings. The molecular weight excluding hydrogens is 386 g/mol. The van der Waals surface area contributed by atoms with Crippen molar-refractivity contribution >= 4 is 18.0 Å². The molecule has 1 fully saturated rings. The topological polar surface area (TPSA) is 93.1 Å². The molecule has 1 aliphatic heterocycles. The lowest BCUT2D eigenvalue weighted by Crippen LogP contribution is -2.48. The fourth-order valence-corrected chi connectivity index (χ4v) is 4.45. The van der Waals surface area contributed by atoms with Crippen molar-refractivity contribution in [1.82, 2.24) is 4.90 Å². The number of methoxy groups -OCH3 is 1. The van der Waals surface area contributed by atoms with E-state index in [4.69, 9.17) is 9.47 Å². The number of aliphatic carboxylic acids is 1. The number of carboxylic acids is 1. The van der Waals surface area contributed by atoms with E-state index in [-0.39, 0.29) is 32.0 Å². The minimum Gasteiger partial charge on any atom is -0.481 e. The second kappa shape index (κ2) is 8.18. The van der Waals surface area contributed by atoms with Crippen LogP contribution in [0.25, 0.3) is 11.1 Å². The molecule has 1 amide bonds. The van der Waals surface area contributed by atoms with Gasteiger partial charge in [0.05, 0.1) is 18.9 Å². The van der Waals surface area contributed by atoms with E-state index in [1.807, 2.05) is 36.4 Å². The number of carbonyl (C=O) groups excluding carboxylic acids is 2. The number of carbonyl (C=O) groups is 3. The standard InChI is InChI=1S/C23H23NO6/c1-29-22(27)15-10-14(21(25)26)11-24(12-15)23(28)30-13-20-18-8-4-2-6-16(18)17-7-3-5-9-19(17)20/h2-9,14-15,20H,10-13H2,1H3,(H,25,26). The lowest BCUT2D eigenvalue weighted by molar-refractivity contribution is -0.151. The maximum Gasteiger partial charge on any atom is 0.409 e. The summed E-state index contributed by atoms with van der Waals surface area (Å²) in [6.45, 7) is 0.247. The number of likely N-dealkylation sites (tertiary alicyclic amines) is 1. The summed E-state index contributed by atoms with van der Waals surface area (Å²) in [4.78, 5) is 37.5. The van der Waals surface area contributed by atoms with Crippen LogP contribution in [0.5, 0.6) is 0 Å². The molecule has 2 aliphatic rings. The van der Waals surface area contributed by atoms with Gasteiger partial charge in [0.1, 0.15) is 6.61 Å². The number of hydrogen-bond donors (Lipinski definition) is 1. The van der Waals surface area contributed by atoms with Gasteiger partial charge in [-0.3, -0.25) is 9.59 Å². The van der Waals surface area contributed by atoms with Gasteiger partial charge >= 0.3 is 18.0 Å². The van der Waals surface area contributed by atoms with Gasteiger partial charge in [0.15, 0.2) is 0 Å². The Morgan fingerprint density at radius 2 is 1.53 bits per heavy atom. The van der Waals surface area contributed by atoms with Crippen molar-refractivity contribution in [2.45, 2.75) is 12.3 Å². The number of rotatable bonds is 4. The van der Waals surface area contributed by atoms with Gasteiger partial charge in [-0.1, -0.05) is 48.5 Å². The smallest absolute Gasteiger partial charge is 0.409 e. The van der Waals surface area contributed by atoms with E-state index in [9.17, 15) is 19.5 Å². The molecule has 1 saturated heterocycles. The summed E-state index contributed by atoms with van der Waals surface area (Å²) >= 11 is 0. The number of hydrogen-bond acceptors (Lipinski definition) is 5. The predicted molar refractivity (Wildman–Crippen MR) is 108 cm³/mol. The molecule has 0 radical (unpaired) electrons. The Morgan fingerprint density at radius 3 is 2.10 bits per heavy atom. The molecule has 2 atom stereocenters. The number of piperidine rings is 1. The average molecular weight is 409 g/mol. The monoisotopic (exact) mass is 409 g/mol. The van der Waals surface area contributed by atoms with E-state index in [0.717, 1.165) is 22.3 Å². The third-order valence-corrected chi connectivity index (χ3v) is 5.93. The fraction of sp³-hybridized carbons (Fsp3) is 0.348. The number of amides is 1. The molecule has 2 unspecified atom stereocenters. The van der Waals surface area contributed by atoms with E-state index >= 15 is 0 Å². The van der Waals surface area contributed by atoms with Gasteiger partial charge in [-0.15, -0.1) is 0 Å². The van der Waals surface area contributed by atoms with Crippen molar-refractivity contribution < 1.29 is 29.0 Å². The zero-order chi connectivity index (χ0) is 21.3. The Balaban J connectivity index is 1.49. The summed E-state index contributed by atoms with van der Waals surface area (Å²) in [5.41, 5.74) is 4.45. The fourth-order valence-electron chi connectivity index (χ4n) is 4.45. The van der Waals surface area contributed by atoms with Crippen molar-refractivity contribution in [2.75, 3.05) is 26.8 Å². The van der Waals surface area contributed by atoms with Crippen molar-refractivity contribution in [2.24, 2.45) is 11.8 Å². The molecule has 0 aromatic heterocycles. The van der Waals surface area contributed by atoms with Crippen LogP contribution in [0.3, 0.4) is 0 Å². The summed E-state index contributed by atoms with van der Waals surface area (Å²) in [6, 6.07) is 16.1. The molecule has 0 spiro atoms. The van der Waals surface area contributed by atoms with Crippen LogP contribution in [0, 0.1) is 11.8 Å². The van der Waals surface area contributed by atoms with Crippen molar-refractivity contribution in [3.05, 3.63) is 59.7 Å². The molecule has 30 heavy (non-hydrogen) atoms. The highest BCUT2D eigenvalue weighted by Gasteiger charge is 2.38. The van der Waals surface area contributed by atoms with Crippen LogP contribution in [0.15, 0.2) is 48.5 Å². The van der Waals surface area contributed by atoms with Crippen LogP contribution in [0.1, 0.15) is 23.5 Å². The van der Waals surface area contributed by atoms with E-state index in [1.165, 1.54) is 12.0 Å². The van der Waals surface area contributed by atoms with Crippen LogP contribution >= 0.6 is 0 Å². The highest BCUT2D eigenvalue weighted by Crippen LogP contribution is 2.44. The highest BCUT2D eigenvalue weighted by atomic mass is 16.6. The lowest BCUT2D eigenvalue weighted by atomic mass is 9.89. The summed E-state index contributed by atoms with van der Waals surface area (Å²) in [7, 11) is 1.25. The Bertz CT molecular complexity index is 942. The molecule has 1 N–H and O–H groups in total. The Hall–Kier alpha value is -3.35. The first-order valence-electron chi connectivity index (χ1n) is 9.90. The van der Waals surface area contributed by atoms with Gasteiger partial charge in [0.25, 0.3) is 0 Å². The Morgan fingerprint density at radius 1 is 0.967 bits per heavy atom. The molecule has 7 nitrogen and oxygen atoms in total. The van der Waals surface area contributed by atoms with E-state index in [2.05, 4.69) is 12.1 Å². The summed E-state index contributed by atoms with van der Waals surface area (Å²) in [5.74, 6) is -3.15. The molecule has 4 rings (SSSR count). The first kappa shape index (κ1) is 19.9. The summed E-state index contributed by atoms with van der Waals surface area (Å²) in [5, 5.41) is 9.40. The maximum absolute atomic E-state index is 12.8. The predicted octanol–water partition coefficient (Wildman–Crippen LogP) is 3.13. The third kappa shape index (κ3) is 3.63. The maximum atomic E-state index is 12.8. The third-order valence-electron chi connectivity index (χ3n) is 5.93. The van der Waals surface area contributed by atoms with Crippen LogP contribution in [0.4, 0.5) is 4.79 Å². The molecule has 7 heteroatoms. The summed E-state index contributed by atoms with van der Waals surface area (Å²) in [6.07, 6.45) is -0.466. The van der Waals surface area contributed by atoms with Gasteiger partial charge in [-0.25, -0.2) is 4.79 Å². The van der Waals surface area contributed by atoms with Gasteiger partial charge in [-0.2, -0.15) is 0 Å². The van der Waals surface area contributed by atoms with Gasteiger partial charge in [0.2, 0.25) is 0 Å². The van der Waals surface area contributed by atoms with Gasteiger partial charge < -0.3 is 19.5 Å². The Kier molecular flexibility index (Phi) is 5.44. The molecule has 2 aromatic carbocycles. The number of benzene rings is 2. The average Bonchev–Trinajstić information content (AvgIpc) is 3.10. The quantitative estimate of drug-likeness (QED) is 0.780. The van der Waals surface area contributed by atoms with E-state index < -0.39 is 29.9 Å². The van der Waals surface area contributed by atoms with Gasteiger partial charge in [-0.05, 0) is 28.7 Å². The SMILES string of the molecule is COC(=O)C1CC(C(=O)O)CN(C(=O)OCC2c3ccccc3-c3ccccc32)C1. The number of esters is 1. The first-order chi connectivity index (χ1) is 14.5. The normalized spacial score (nSPS) is 20.2. The Labute approximate surface area is 174 Å². The summed E-state index contributed by atoms with van der Waals surface area (Å²) < 4.78 is 10.4. The van der Waals surface area contributed by atoms with Crippen molar-refractivity contribution in [1.29, 1.82) is 0 Å². The van der Waals surface area contributed by atoms with Crippen LogP contribution in [0.2, 0.25) is 0 Å². The second-order valence-electron chi connectivity index (χ2n) is 7.70. The van der Waals surface area contributed by atoms with Crippen LogP contribution in [-0.4, -0.2) is 54.8 Å². The molecule has 1 heterocycles. The second-order valence-corrected chi connectivity index (χ2v) is 7.70. The number of nitrogens with zero attached hydrogens (tertiary/aromatic N) is 1. The van der Waals surface area contributed by atoms with Crippen LogP contribution in [-0.2, 0) is 19.1 Å². The number of fused-ring (bicyclic) bond motifs is 3. The largest absolute Gasteiger partial charge is 0.481 e. The number of carboxylic acid groups (broad SMARTS) is 1. The van der Waals surface area contributed by atoms with Gasteiger partial charge in [0, 0.05) is 19.0 Å². The number of ether oxygens (including phenoxy) is 2. The zero-order valence-electron chi connectivity index (χ0n) is 16.6. The molecule has 0 saturated carbocycles. The molecule has 156 valence electrons. The van der Waals surface area contributed by atoms with E-state index in [0.29, 0.717) is 0 Å². The van der Waals surface area contributed by atoms with E-state index in [1.54, 1.807) is 0 Å². The highest BCUT2D eigenvalue weighted by molar-refractivity contribution is 5.80. The minimum atomic E-state index is -1.04. The van der Waals surface area contributed by atoms with Crippen molar-refractivity contribution in [3.8, 4) is 11.1 Å². The lowest BCUT2D eigenvalue weighted by Gasteiger charge is -2.34. The first-order valence-corrected chi connectivity index (χ1v) is 9.90. The van der Waals surface area contributed by atoms with Crippen LogP contribution < -0.4 is 0 Å². The molecular formula is C23H23NO6. The minimum absolute atomic E-state index is 0.0134. The molecule has 0 bridgehead atoms. The molecule has 1 aliphatic carbocycles. The van der Waals surface area contributed by atoms with Crippen molar-refractivity contribution in [3.63, 3.8) is 0 Å².